The van der Waals surface area contributed by atoms with Gasteiger partial charge < -0.3 is 10.5 Å². The molecule has 0 aliphatic heterocycles. The number of nitrogens with zero attached hydrogens (tertiary/aromatic N) is 2. The van der Waals surface area contributed by atoms with Crippen molar-refractivity contribution >= 4 is 5.69 Å². The van der Waals surface area contributed by atoms with E-state index in [2.05, 4.69) is 5.10 Å². The van der Waals surface area contributed by atoms with E-state index in [4.69, 9.17) is 10.5 Å². The molecular weight excluding hydrogens is 247 g/mol. The molecule has 18 heavy (non-hydrogen) atoms. The summed E-state index contributed by atoms with van der Waals surface area (Å²) in [4.78, 5) is 0. The molecule has 0 saturated carbocycles. The molecule has 96 valence electrons. The maximum atomic E-state index is 12.5. The standard InChI is InChI=1S/C11H10F3N3O/c1-18-8-4-2-3-7(5-8)17-6-9(15)10(16-17)11(12,13)14/h2-6H,15H2,1H3. The van der Waals surface area contributed by atoms with Crippen molar-refractivity contribution in [2.75, 3.05) is 12.8 Å². The molecule has 0 unspecified atom stereocenters. The van der Waals surface area contributed by atoms with Crippen molar-refractivity contribution < 1.29 is 17.9 Å². The Hall–Kier alpha value is -2.18. The second-order valence-corrected chi connectivity index (χ2v) is 3.58. The monoisotopic (exact) mass is 257 g/mol. The van der Waals surface area contributed by atoms with E-state index in [0.29, 0.717) is 11.4 Å². The van der Waals surface area contributed by atoms with Crippen LogP contribution in [0.5, 0.6) is 5.75 Å². The van der Waals surface area contributed by atoms with Crippen LogP contribution in [0.15, 0.2) is 30.5 Å². The van der Waals surface area contributed by atoms with Crippen LogP contribution in [0.2, 0.25) is 0 Å². The number of nitrogen functional groups attached to an aromatic ring is 1. The third kappa shape index (κ3) is 2.24. The minimum Gasteiger partial charge on any atom is -0.497 e. The van der Waals surface area contributed by atoms with E-state index in [0.717, 1.165) is 10.9 Å². The number of methoxy groups -OCH3 is 1. The summed E-state index contributed by atoms with van der Waals surface area (Å²) in [7, 11) is 1.47. The first-order valence-electron chi connectivity index (χ1n) is 4.98. The Kier molecular flexibility index (Phi) is 2.90. The van der Waals surface area contributed by atoms with Gasteiger partial charge >= 0.3 is 6.18 Å². The van der Waals surface area contributed by atoms with Gasteiger partial charge in [0.15, 0.2) is 5.69 Å². The van der Waals surface area contributed by atoms with Gasteiger partial charge in [0, 0.05) is 6.07 Å². The normalized spacial score (nSPS) is 11.6. The Bertz CT molecular complexity index is 563. The van der Waals surface area contributed by atoms with Crippen LogP contribution in [0.3, 0.4) is 0 Å². The number of ether oxygens (including phenoxy) is 1. The molecule has 0 amide bonds. The van der Waals surface area contributed by atoms with Crippen molar-refractivity contribution in [3.8, 4) is 11.4 Å². The molecule has 0 fully saturated rings. The zero-order valence-electron chi connectivity index (χ0n) is 9.40. The van der Waals surface area contributed by atoms with Crippen LogP contribution in [0, 0.1) is 0 Å². The number of nitrogens with two attached hydrogens (primary N) is 1. The molecule has 7 heteroatoms. The zero-order chi connectivity index (χ0) is 13.3. The van der Waals surface area contributed by atoms with Gasteiger partial charge in [0.1, 0.15) is 5.75 Å². The molecule has 1 aromatic heterocycles. The van der Waals surface area contributed by atoms with E-state index >= 15 is 0 Å². The lowest BCUT2D eigenvalue weighted by atomic mass is 10.3. The molecular formula is C11H10F3N3O. The maximum Gasteiger partial charge on any atom is 0.437 e. The van der Waals surface area contributed by atoms with Gasteiger partial charge in [0.2, 0.25) is 0 Å². The molecule has 2 aromatic rings. The van der Waals surface area contributed by atoms with Gasteiger partial charge in [-0.3, -0.25) is 0 Å². The first kappa shape index (κ1) is 12.3. The summed E-state index contributed by atoms with van der Waals surface area (Å²) in [5, 5.41) is 3.44. The van der Waals surface area contributed by atoms with Crippen LogP contribution < -0.4 is 10.5 Å². The van der Waals surface area contributed by atoms with Crippen molar-refractivity contribution in [1.82, 2.24) is 9.78 Å². The van der Waals surface area contributed by atoms with Crippen LogP contribution >= 0.6 is 0 Å². The van der Waals surface area contributed by atoms with E-state index in [9.17, 15) is 13.2 Å². The summed E-state index contributed by atoms with van der Waals surface area (Å²) in [5.41, 5.74) is 4.24. The Morgan fingerprint density at radius 2 is 2.06 bits per heavy atom. The summed E-state index contributed by atoms with van der Waals surface area (Å²) in [6.45, 7) is 0. The predicted octanol–water partition coefficient (Wildman–Crippen LogP) is 2.48. The molecule has 1 aromatic carbocycles. The van der Waals surface area contributed by atoms with Crippen LogP contribution in [-0.2, 0) is 6.18 Å². The van der Waals surface area contributed by atoms with Crippen molar-refractivity contribution in [3.63, 3.8) is 0 Å². The summed E-state index contributed by atoms with van der Waals surface area (Å²) in [6.07, 6.45) is -3.44. The van der Waals surface area contributed by atoms with E-state index in [-0.39, 0.29) is 0 Å². The molecule has 0 bridgehead atoms. The molecule has 2 N–H and O–H groups in total. The average Bonchev–Trinajstić information content (AvgIpc) is 2.71. The molecule has 0 spiro atoms. The van der Waals surface area contributed by atoms with Gasteiger partial charge in [-0.15, -0.1) is 0 Å². The lowest BCUT2D eigenvalue weighted by Gasteiger charge is -2.04. The zero-order valence-corrected chi connectivity index (χ0v) is 9.40. The van der Waals surface area contributed by atoms with Crippen LogP contribution in [0.1, 0.15) is 5.69 Å². The molecule has 4 nitrogen and oxygen atoms in total. The summed E-state index contributed by atoms with van der Waals surface area (Å²) in [6, 6.07) is 6.50. The van der Waals surface area contributed by atoms with Gasteiger partial charge in [0.05, 0.1) is 24.7 Å². The number of aromatic nitrogens is 2. The fourth-order valence-corrected chi connectivity index (χ4v) is 1.49. The van der Waals surface area contributed by atoms with Crippen molar-refractivity contribution in [1.29, 1.82) is 0 Å². The third-order valence-electron chi connectivity index (χ3n) is 2.33. The van der Waals surface area contributed by atoms with E-state index in [1.807, 2.05) is 0 Å². The van der Waals surface area contributed by atoms with Crippen LogP contribution in [-0.4, -0.2) is 16.9 Å². The number of rotatable bonds is 2. The lowest BCUT2D eigenvalue weighted by Crippen LogP contribution is -2.09. The molecule has 2 rings (SSSR count). The number of anilines is 1. The van der Waals surface area contributed by atoms with E-state index in [1.165, 1.54) is 7.11 Å². The maximum absolute atomic E-state index is 12.5. The smallest absolute Gasteiger partial charge is 0.437 e. The highest BCUT2D eigenvalue weighted by molar-refractivity contribution is 5.47. The highest BCUT2D eigenvalue weighted by Gasteiger charge is 2.36. The minimum atomic E-state index is -4.56. The number of alkyl halides is 3. The topological polar surface area (TPSA) is 53.1 Å². The first-order chi connectivity index (χ1) is 8.41. The van der Waals surface area contributed by atoms with Gasteiger partial charge in [-0.25, -0.2) is 4.68 Å². The molecule has 1 heterocycles. The Labute approximate surface area is 101 Å². The molecule has 0 aliphatic rings. The minimum absolute atomic E-state index is 0.412. The summed E-state index contributed by atoms with van der Waals surface area (Å²) >= 11 is 0. The average molecular weight is 257 g/mol. The van der Waals surface area contributed by atoms with Crippen LogP contribution in [0.25, 0.3) is 5.69 Å². The van der Waals surface area contributed by atoms with Gasteiger partial charge in [-0.2, -0.15) is 18.3 Å². The number of hydrogen-bond acceptors (Lipinski definition) is 3. The second-order valence-electron chi connectivity index (χ2n) is 3.58. The fourth-order valence-electron chi connectivity index (χ4n) is 1.49. The van der Waals surface area contributed by atoms with Crippen molar-refractivity contribution in [2.24, 2.45) is 0 Å². The van der Waals surface area contributed by atoms with Gasteiger partial charge in [0.25, 0.3) is 0 Å². The highest BCUT2D eigenvalue weighted by atomic mass is 19.4. The second kappa shape index (κ2) is 4.25. The highest BCUT2D eigenvalue weighted by Crippen LogP contribution is 2.32. The van der Waals surface area contributed by atoms with Gasteiger partial charge in [-0.1, -0.05) is 6.07 Å². The van der Waals surface area contributed by atoms with E-state index in [1.54, 1.807) is 24.3 Å². The molecule has 0 saturated heterocycles. The van der Waals surface area contributed by atoms with Gasteiger partial charge in [-0.05, 0) is 12.1 Å². The fraction of sp³-hybridized carbons (Fsp3) is 0.182. The van der Waals surface area contributed by atoms with Crippen molar-refractivity contribution in [2.45, 2.75) is 6.18 Å². The quantitative estimate of drug-likeness (QED) is 0.899. The largest absolute Gasteiger partial charge is 0.497 e. The van der Waals surface area contributed by atoms with Crippen LogP contribution in [0.4, 0.5) is 18.9 Å². The molecule has 0 atom stereocenters. The van der Waals surface area contributed by atoms with E-state index < -0.39 is 17.6 Å². The lowest BCUT2D eigenvalue weighted by molar-refractivity contribution is -0.140. The first-order valence-corrected chi connectivity index (χ1v) is 4.98. The Morgan fingerprint density at radius 3 is 2.61 bits per heavy atom. The Balaban J connectivity index is 2.46. The summed E-state index contributed by atoms with van der Waals surface area (Å²) < 4.78 is 43.7. The number of halogens is 3. The third-order valence-corrected chi connectivity index (χ3v) is 2.33. The Morgan fingerprint density at radius 1 is 1.33 bits per heavy atom. The molecule has 0 aliphatic carbocycles. The number of hydrogen-bond donors (Lipinski definition) is 1. The SMILES string of the molecule is COc1cccc(-n2cc(N)c(C(F)(F)F)n2)c1. The van der Waals surface area contributed by atoms with Crippen molar-refractivity contribution in [3.05, 3.63) is 36.2 Å². The number of benzene rings is 1. The predicted molar refractivity (Wildman–Crippen MR) is 59.5 cm³/mol. The molecule has 0 radical (unpaired) electrons. The summed E-state index contributed by atoms with van der Waals surface area (Å²) in [5.74, 6) is 0.523.